The average Bonchev–Trinajstić information content (AvgIpc) is 3.11. The van der Waals surface area contributed by atoms with E-state index in [1.165, 1.54) is 18.4 Å². The number of anilines is 1. The van der Waals surface area contributed by atoms with Crippen LogP contribution in [0.1, 0.15) is 19.8 Å². The molecule has 1 aromatic heterocycles. The van der Waals surface area contributed by atoms with Gasteiger partial charge in [0.1, 0.15) is 5.82 Å². The van der Waals surface area contributed by atoms with Crippen molar-refractivity contribution in [3.63, 3.8) is 0 Å². The van der Waals surface area contributed by atoms with E-state index in [-0.39, 0.29) is 6.03 Å². The van der Waals surface area contributed by atoms with E-state index in [0.29, 0.717) is 11.7 Å². The molecule has 1 fully saturated rings. The van der Waals surface area contributed by atoms with E-state index in [1.54, 1.807) is 24.5 Å². The fourth-order valence-electron chi connectivity index (χ4n) is 1.43. The Bertz CT molecular complexity index is 396. The highest BCUT2D eigenvalue weighted by Crippen LogP contribution is 2.35. The number of carbonyl (C=O) groups excluding carboxylic acids is 1. The van der Waals surface area contributed by atoms with E-state index in [9.17, 15) is 4.79 Å². The maximum atomic E-state index is 11.5. The second-order valence-electron chi connectivity index (χ2n) is 3.98. The summed E-state index contributed by atoms with van der Waals surface area (Å²) in [6.07, 6.45) is 5.90. The number of rotatable bonds is 3. The van der Waals surface area contributed by atoms with E-state index < -0.39 is 0 Å². The first-order valence-corrected chi connectivity index (χ1v) is 5.41. The molecular weight excluding hydrogens is 202 g/mol. The van der Waals surface area contributed by atoms with Gasteiger partial charge in [-0.15, -0.1) is 0 Å². The number of allylic oxidation sites excluding steroid dienone is 1. The van der Waals surface area contributed by atoms with Crippen molar-refractivity contribution in [1.82, 2.24) is 10.3 Å². The summed E-state index contributed by atoms with van der Waals surface area (Å²) in [5, 5.41) is 5.35. The molecule has 0 radical (unpaired) electrons. The molecule has 1 saturated carbocycles. The fourth-order valence-corrected chi connectivity index (χ4v) is 1.43. The monoisotopic (exact) mass is 217 g/mol. The maximum Gasteiger partial charge on any atom is 0.324 e. The van der Waals surface area contributed by atoms with Crippen LogP contribution >= 0.6 is 0 Å². The number of nitrogens with one attached hydrogen (secondary N) is 2. The molecule has 84 valence electrons. The lowest BCUT2D eigenvalue weighted by Gasteiger charge is -2.04. The number of aromatic nitrogens is 1. The predicted octanol–water partition coefficient (Wildman–Crippen LogP) is 2.52. The smallest absolute Gasteiger partial charge is 0.314 e. The number of hydrogen-bond donors (Lipinski definition) is 2. The quantitative estimate of drug-likeness (QED) is 0.817. The molecule has 1 aliphatic rings. The van der Waals surface area contributed by atoms with Gasteiger partial charge >= 0.3 is 6.03 Å². The Balaban J connectivity index is 1.82. The van der Waals surface area contributed by atoms with Crippen molar-refractivity contribution in [1.29, 1.82) is 0 Å². The van der Waals surface area contributed by atoms with Crippen LogP contribution < -0.4 is 10.6 Å². The van der Waals surface area contributed by atoms with Crippen LogP contribution in [-0.2, 0) is 0 Å². The normalized spacial score (nSPS) is 15.7. The molecule has 0 unspecified atom stereocenters. The summed E-state index contributed by atoms with van der Waals surface area (Å²) in [5.74, 6) is 1.23. The van der Waals surface area contributed by atoms with Crippen molar-refractivity contribution in [2.75, 3.05) is 5.32 Å². The second-order valence-corrected chi connectivity index (χ2v) is 3.98. The van der Waals surface area contributed by atoms with Gasteiger partial charge in [0.2, 0.25) is 0 Å². The van der Waals surface area contributed by atoms with Crippen LogP contribution in [0.15, 0.2) is 36.2 Å². The molecule has 0 bridgehead atoms. The zero-order valence-electron chi connectivity index (χ0n) is 9.23. The Morgan fingerprint density at radius 1 is 1.50 bits per heavy atom. The van der Waals surface area contributed by atoms with Crippen LogP contribution in [0.2, 0.25) is 0 Å². The van der Waals surface area contributed by atoms with Crippen LogP contribution in [0.25, 0.3) is 0 Å². The molecule has 1 aromatic rings. The summed E-state index contributed by atoms with van der Waals surface area (Å²) in [4.78, 5) is 15.5. The van der Waals surface area contributed by atoms with Crippen molar-refractivity contribution in [3.8, 4) is 0 Å². The zero-order chi connectivity index (χ0) is 11.4. The summed E-state index contributed by atoms with van der Waals surface area (Å²) in [6.45, 7) is 2.04. The van der Waals surface area contributed by atoms with Crippen molar-refractivity contribution in [2.45, 2.75) is 19.8 Å². The minimum atomic E-state index is -0.251. The molecule has 4 nitrogen and oxygen atoms in total. The number of nitrogens with zero attached hydrogens (tertiary/aromatic N) is 1. The highest BCUT2D eigenvalue weighted by atomic mass is 16.2. The lowest BCUT2D eigenvalue weighted by atomic mass is 10.2. The number of hydrogen-bond acceptors (Lipinski definition) is 2. The van der Waals surface area contributed by atoms with Crippen LogP contribution in [0.5, 0.6) is 0 Å². The predicted molar refractivity (Wildman–Crippen MR) is 62.9 cm³/mol. The summed E-state index contributed by atoms with van der Waals surface area (Å²) >= 11 is 0. The molecule has 0 spiro atoms. The third-order valence-electron chi connectivity index (χ3n) is 2.56. The first-order valence-electron chi connectivity index (χ1n) is 5.41. The van der Waals surface area contributed by atoms with Crippen molar-refractivity contribution < 1.29 is 4.79 Å². The summed E-state index contributed by atoms with van der Waals surface area (Å²) in [5.41, 5.74) is 1.23. The van der Waals surface area contributed by atoms with Gasteiger partial charge in [0.05, 0.1) is 0 Å². The molecule has 16 heavy (non-hydrogen) atoms. The molecule has 2 amide bonds. The Hall–Kier alpha value is -1.84. The van der Waals surface area contributed by atoms with Gasteiger partial charge in [-0.25, -0.2) is 9.78 Å². The number of pyridine rings is 1. The topological polar surface area (TPSA) is 54.0 Å². The molecule has 1 heterocycles. The SMILES string of the molecule is C/C(=C\NC(=O)Nc1ccccn1)C1CC1. The number of carbonyl (C=O) groups is 1. The third-order valence-corrected chi connectivity index (χ3v) is 2.56. The first kappa shape index (κ1) is 10.7. The zero-order valence-corrected chi connectivity index (χ0v) is 9.23. The van der Waals surface area contributed by atoms with Crippen molar-refractivity contribution >= 4 is 11.8 Å². The van der Waals surface area contributed by atoms with Gasteiger partial charge in [-0.3, -0.25) is 5.32 Å². The van der Waals surface area contributed by atoms with Gasteiger partial charge in [0.25, 0.3) is 0 Å². The van der Waals surface area contributed by atoms with E-state index in [0.717, 1.165) is 0 Å². The van der Waals surface area contributed by atoms with Crippen LogP contribution in [0.4, 0.5) is 10.6 Å². The summed E-state index contributed by atoms with van der Waals surface area (Å²) < 4.78 is 0. The molecular formula is C12H15N3O. The molecule has 0 aliphatic heterocycles. The molecule has 0 aromatic carbocycles. The molecule has 0 atom stereocenters. The van der Waals surface area contributed by atoms with E-state index in [4.69, 9.17) is 0 Å². The van der Waals surface area contributed by atoms with Gasteiger partial charge in [0.15, 0.2) is 0 Å². The standard InChI is InChI=1S/C12H15N3O/c1-9(10-5-6-10)8-14-12(16)15-11-4-2-3-7-13-11/h2-4,7-8,10H,5-6H2,1H3,(H2,13,14,15,16)/b9-8+. The number of amides is 2. The Morgan fingerprint density at radius 3 is 2.94 bits per heavy atom. The summed E-state index contributed by atoms with van der Waals surface area (Å²) in [6, 6.07) is 5.13. The maximum absolute atomic E-state index is 11.5. The first-order chi connectivity index (χ1) is 7.75. The summed E-state index contributed by atoms with van der Waals surface area (Å²) in [7, 11) is 0. The van der Waals surface area contributed by atoms with E-state index in [1.807, 2.05) is 13.0 Å². The minimum absolute atomic E-state index is 0.251. The van der Waals surface area contributed by atoms with E-state index >= 15 is 0 Å². The lowest BCUT2D eigenvalue weighted by Crippen LogP contribution is -2.24. The Morgan fingerprint density at radius 2 is 2.31 bits per heavy atom. The molecule has 2 rings (SSSR count). The fraction of sp³-hybridized carbons (Fsp3) is 0.333. The van der Waals surface area contributed by atoms with Crippen LogP contribution in [-0.4, -0.2) is 11.0 Å². The lowest BCUT2D eigenvalue weighted by molar-refractivity contribution is 0.255. The van der Waals surface area contributed by atoms with Gasteiger partial charge in [-0.2, -0.15) is 0 Å². The second kappa shape index (κ2) is 4.79. The van der Waals surface area contributed by atoms with Crippen LogP contribution in [0, 0.1) is 5.92 Å². The molecule has 2 N–H and O–H groups in total. The van der Waals surface area contributed by atoms with Gasteiger partial charge < -0.3 is 5.32 Å². The van der Waals surface area contributed by atoms with Crippen molar-refractivity contribution in [3.05, 3.63) is 36.2 Å². The molecule has 4 heteroatoms. The van der Waals surface area contributed by atoms with E-state index in [2.05, 4.69) is 15.6 Å². The molecule has 1 aliphatic carbocycles. The third kappa shape index (κ3) is 3.08. The van der Waals surface area contributed by atoms with Crippen LogP contribution in [0.3, 0.4) is 0 Å². The van der Waals surface area contributed by atoms with Gasteiger partial charge in [0, 0.05) is 12.4 Å². The Labute approximate surface area is 94.8 Å². The molecule has 0 saturated heterocycles. The Kier molecular flexibility index (Phi) is 3.19. The minimum Gasteiger partial charge on any atom is -0.314 e. The van der Waals surface area contributed by atoms with Gasteiger partial charge in [-0.05, 0) is 37.8 Å². The van der Waals surface area contributed by atoms with Gasteiger partial charge in [-0.1, -0.05) is 11.6 Å². The number of urea groups is 1. The largest absolute Gasteiger partial charge is 0.324 e. The average molecular weight is 217 g/mol. The highest BCUT2D eigenvalue weighted by molar-refractivity contribution is 5.88. The van der Waals surface area contributed by atoms with Crippen molar-refractivity contribution in [2.24, 2.45) is 5.92 Å². The highest BCUT2D eigenvalue weighted by Gasteiger charge is 2.22.